The van der Waals surface area contributed by atoms with Gasteiger partial charge in [0.25, 0.3) is 5.91 Å². The topological polar surface area (TPSA) is 74.0 Å². The van der Waals surface area contributed by atoms with Crippen LogP contribution in [0.5, 0.6) is 0 Å². The van der Waals surface area contributed by atoms with Crippen molar-refractivity contribution in [2.45, 2.75) is 19.8 Å². The molecule has 0 aliphatic rings. The minimum Gasteiger partial charge on any atom is -0.357 e. The van der Waals surface area contributed by atoms with E-state index in [2.05, 4.69) is 15.8 Å². The number of hydrazine groups is 1. The molecular formula is C15H17N3O2. The van der Waals surface area contributed by atoms with E-state index >= 15 is 0 Å². The minimum absolute atomic E-state index is 0.217. The SMILES string of the molecule is Cc1ccc(CCC(=O)NNC(=O)c2ccc[nH]2)cc1. The number of H-pyrrole nitrogens is 1. The van der Waals surface area contributed by atoms with Gasteiger partial charge in [0.15, 0.2) is 0 Å². The summed E-state index contributed by atoms with van der Waals surface area (Å²) in [6, 6.07) is 11.4. The minimum atomic E-state index is -0.362. The number of benzene rings is 1. The number of nitrogens with one attached hydrogen (secondary N) is 3. The van der Waals surface area contributed by atoms with Gasteiger partial charge in [-0.3, -0.25) is 20.4 Å². The molecule has 5 nitrogen and oxygen atoms in total. The first-order chi connectivity index (χ1) is 9.65. The number of rotatable bonds is 4. The number of hydrogen-bond donors (Lipinski definition) is 3. The average molecular weight is 271 g/mol. The molecule has 0 atom stereocenters. The zero-order chi connectivity index (χ0) is 14.4. The van der Waals surface area contributed by atoms with Crippen LogP contribution in [0.15, 0.2) is 42.6 Å². The standard InChI is InChI=1S/C15H17N3O2/c1-11-4-6-12(7-5-11)8-9-14(19)17-18-15(20)13-3-2-10-16-13/h2-7,10,16H,8-9H2,1H3,(H,17,19)(H,18,20). The van der Waals surface area contributed by atoms with Crippen molar-refractivity contribution in [2.75, 3.05) is 0 Å². The highest BCUT2D eigenvalue weighted by Crippen LogP contribution is 2.05. The van der Waals surface area contributed by atoms with E-state index in [1.54, 1.807) is 18.3 Å². The molecule has 2 rings (SSSR count). The van der Waals surface area contributed by atoms with Crippen LogP contribution in [0.3, 0.4) is 0 Å². The van der Waals surface area contributed by atoms with E-state index < -0.39 is 0 Å². The molecule has 2 aromatic rings. The summed E-state index contributed by atoms with van der Waals surface area (Å²) in [6.07, 6.45) is 2.62. The average Bonchev–Trinajstić information content (AvgIpc) is 2.98. The molecular weight excluding hydrogens is 254 g/mol. The summed E-state index contributed by atoms with van der Waals surface area (Å²) < 4.78 is 0. The van der Waals surface area contributed by atoms with E-state index in [4.69, 9.17) is 0 Å². The number of amides is 2. The molecule has 0 radical (unpaired) electrons. The van der Waals surface area contributed by atoms with Gasteiger partial charge in [-0.1, -0.05) is 29.8 Å². The van der Waals surface area contributed by atoms with E-state index in [-0.39, 0.29) is 11.8 Å². The van der Waals surface area contributed by atoms with Crippen molar-refractivity contribution in [3.63, 3.8) is 0 Å². The van der Waals surface area contributed by atoms with Crippen molar-refractivity contribution in [1.29, 1.82) is 0 Å². The van der Waals surface area contributed by atoms with Crippen LogP contribution in [-0.4, -0.2) is 16.8 Å². The maximum Gasteiger partial charge on any atom is 0.286 e. The van der Waals surface area contributed by atoms with Gasteiger partial charge in [0, 0.05) is 12.6 Å². The van der Waals surface area contributed by atoms with E-state index in [9.17, 15) is 9.59 Å². The lowest BCUT2D eigenvalue weighted by molar-refractivity contribution is -0.121. The van der Waals surface area contributed by atoms with Gasteiger partial charge >= 0.3 is 0 Å². The Labute approximate surface area is 117 Å². The van der Waals surface area contributed by atoms with E-state index in [0.717, 1.165) is 5.56 Å². The van der Waals surface area contributed by atoms with Crippen molar-refractivity contribution < 1.29 is 9.59 Å². The van der Waals surface area contributed by atoms with Crippen LogP contribution in [0.2, 0.25) is 0 Å². The zero-order valence-electron chi connectivity index (χ0n) is 11.3. The summed E-state index contributed by atoms with van der Waals surface area (Å²) in [7, 11) is 0. The Morgan fingerprint density at radius 1 is 1.10 bits per heavy atom. The first kappa shape index (κ1) is 13.9. The Morgan fingerprint density at radius 3 is 2.50 bits per heavy atom. The maximum atomic E-state index is 11.6. The lowest BCUT2D eigenvalue weighted by atomic mass is 10.1. The van der Waals surface area contributed by atoms with Gasteiger partial charge in [0.2, 0.25) is 5.91 Å². The largest absolute Gasteiger partial charge is 0.357 e. The van der Waals surface area contributed by atoms with Crippen LogP contribution in [0.1, 0.15) is 28.0 Å². The summed E-state index contributed by atoms with van der Waals surface area (Å²) in [6.45, 7) is 2.02. The highest BCUT2D eigenvalue weighted by atomic mass is 16.2. The summed E-state index contributed by atoms with van der Waals surface area (Å²) in [4.78, 5) is 25.9. The van der Waals surface area contributed by atoms with Gasteiger partial charge in [0.1, 0.15) is 5.69 Å². The van der Waals surface area contributed by atoms with Gasteiger partial charge in [-0.2, -0.15) is 0 Å². The quantitative estimate of drug-likeness (QED) is 0.741. The van der Waals surface area contributed by atoms with Gasteiger partial charge in [-0.05, 0) is 31.0 Å². The molecule has 20 heavy (non-hydrogen) atoms. The van der Waals surface area contributed by atoms with Crippen molar-refractivity contribution in [3.8, 4) is 0 Å². The van der Waals surface area contributed by atoms with Crippen LogP contribution in [0.4, 0.5) is 0 Å². The molecule has 0 aliphatic carbocycles. The van der Waals surface area contributed by atoms with Crippen molar-refractivity contribution in [1.82, 2.24) is 15.8 Å². The second-order valence-corrected chi connectivity index (χ2v) is 4.57. The molecule has 0 unspecified atom stereocenters. The van der Waals surface area contributed by atoms with Gasteiger partial charge in [-0.15, -0.1) is 0 Å². The fraction of sp³-hybridized carbons (Fsp3) is 0.200. The van der Waals surface area contributed by atoms with Crippen LogP contribution in [0, 0.1) is 6.92 Å². The van der Waals surface area contributed by atoms with Crippen LogP contribution < -0.4 is 10.9 Å². The Kier molecular flexibility index (Phi) is 4.55. The smallest absolute Gasteiger partial charge is 0.286 e. The maximum absolute atomic E-state index is 11.6. The Bertz CT molecular complexity index is 574. The monoisotopic (exact) mass is 271 g/mol. The van der Waals surface area contributed by atoms with Crippen molar-refractivity contribution in [3.05, 3.63) is 59.4 Å². The third-order valence-corrected chi connectivity index (χ3v) is 2.92. The lowest BCUT2D eigenvalue weighted by Gasteiger charge is -2.06. The van der Waals surface area contributed by atoms with E-state index in [1.165, 1.54) is 5.56 Å². The van der Waals surface area contributed by atoms with Crippen molar-refractivity contribution >= 4 is 11.8 Å². The zero-order valence-corrected chi connectivity index (χ0v) is 11.3. The lowest BCUT2D eigenvalue weighted by Crippen LogP contribution is -2.41. The summed E-state index contributed by atoms with van der Waals surface area (Å²) in [5.41, 5.74) is 7.45. The Morgan fingerprint density at radius 2 is 1.85 bits per heavy atom. The molecule has 0 bridgehead atoms. The molecule has 0 aliphatic heterocycles. The normalized spacial score (nSPS) is 10.1. The summed E-state index contributed by atoms with van der Waals surface area (Å²) in [5, 5.41) is 0. The first-order valence-corrected chi connectivity index (χ1v) is 6.43. The molecule has 0 saturated heterocycles. The van der Waals surface area contributed by atoms with Crippen molar-refractivity contribution in [2.24, 2.45) is 0 Å². The molecule has 0 fully saturated rings. The van der Waals surface area contributed by atoms with Crippen LogP contribution in [-0.2, 0) is 11.2 Å². The number of aromatic amines is 1. The number of hydrogen-bond acceptors (Lipinski definition) is 2. The second-order valence-electron chi connectivity index (χ2n) is 4.57. The molecule has 0 spiro atoms. The molecule has 5 heteroatoms. The third-order valence-electron chi connectivity index (χ3n) is 2.92. The highest BCUT2D eigenvalue weighted by molar-refractivity contribution is 5.93. The molecule has 3 N–H and O–H groups in total. The third kappa shape index (κ3) is 3.98. The predicted octanol–water partition coefficient (Wildman–Crippen LogP) is 1.72. The number of aryl methyl sites for hydroxylation is 2. The van der Waals surface area contributed by atoms with E-state index in [1.807, 2.05) is 31.2 Å². The Hall–Kier alpha value is -2.56. The fourth-order valence-corrected chi connectivity index (χ4v) is 1.74. The number of carbonyl (C=O) groups excluding carboxylic acids is 2. The van der Waals surface area contributed by atoms with Crippen LogP contribution >= 0.6 is 0 Å². The Balaban J connectivity index is 1.73. The highest BCUT2D eigenvalue weighted by Gasteiger charge is 2.07. The van der Waals surface area contributed by atoms with Crippen LogP contribution in [0.25, 0.3) is 0 Å². The second kappa shape index (κ2) is 6.56. The fourth-order valence-electron chi connectivity index (χ4n) is 1.74. The van der Waals surface area contributed by atoms with Gasteiger partial charge in [-0.25, -0.2) is 0 Å². The van der Waals surface area contributed by atoms with Gasteiger partial charge in [0.05, 0.1) is 0 Å². The number of carbonyl (C=O) groups is 2. The molecule has 104 valence electrons. The first-order valence-electron chi connectivity index (χ1n) is 6.43. The summed E-state index contributed by atoms with van der Waals surface area (Å²) in [5.74, 6) is -0.579. The predicted molar refractivity (Wildman–Crippen MR) is 75.9 cm³/mol. The van der Waals surface area contributed by atoms with Gasteiger partial charge < -0.3 is 4.98 Å². The summed E-state index contributed by atoms with van der Waals surface area (Å²) >= 11 is 0. The molecule has 1 heterocycles. The number of aromatic nitrogens is 1. The molecule has 1 aromatic carbocycles. The van der Waals surface area contributed by atoms with E-state index in [0.29, 0.717) is 18.5 Å². The molecule has 1 aromatic heterocycles. The molecule has 2 amide bonds. The molecule has 0 saturated carbocycles.